The Balaban J connectivity index is 1.35. The van der Waals surface area contributed by atoms with Crippen LogP contribution in [0.1, 0.15) is 44.2 Å². The number of hydrogen-bond acceptors (Lipinski definition) is 3. The Morgan fingerprint density at radius 2 is 1.93 bits per heavy atom. The number of amides is 1. The highest BCUT2D eigenvalue weighted by molar-refractivity contribution is 6.04. The molecule has 28 heavy (non-hydrogen) atoms. The van der Waals surface area contributed by atoms with Crippen LogP contribution in [-0.4, -0.2) is 27.4 Å². The predicted molar refractivity (Wildman–Crippen MR) is 107 cm³/mol. The number of nitrogens with zero attached hydrogens (tertiary/aromatic N) is 2. The van der Waals surface area contributed by atoms with Gasteiger partial charge in [0.15, 0.2) is 5.57 Å². The molecule has 0 atom stereocenters. The Labute approximate surface area is 164 Å². The minimum atomic E-state index is 0.0153. The topological polar surface area (TPSA) is 58.4 Å². The van der Waals surface area contributed by atoms with Crippen LogP contribution >= 0.6 is 0 Å². The first-order chi connectivity index (χ1) is 13.7. The molecule has 1 aliphatic heterocycles. The van der Waals surface area contributed by atoms with E-state index < -0.39 is 0 Å². The summed E-state index contributed by atoms with van der Waals surface area (Å²) in [7, 11) is 0. The SMILES string of the molecule is O=C(NC12CC3CC(CC(C3)C1)C2)C1=C(c2ncn3ccccc23)[C+]=CNC1. The normalized spacial score (nSPS) is 33.1. The number of fused-ring (bicyclic) bond motifs is 1. The van der Waals surface area contributed by atoms with E-state index in [1.165, 1.54) is 19.3 Å². The zero-order valence-corrected chi connectivity index (χ0v) is 15.9. The number of pyridine rings is 1. The van der Waals surface area contributed by atoms with Crippen LogP contribution in [0.15, 0.2) is 42.5 Å². The summed E-state index contributed by atoms with van der Waals surface area (Å²) in [6.45, 7) is 0.520. The highest BCUT2D eigenvalue weighted by Gasteiger charge is 2.52. The summed E-state index contributed by atoms with van der Waals surface area (Å²) in [4.78, 5) is 18.0. The molecule has 4 fully saturated rings. The fourth-order valence-electron chi connectivity index (χ4n) is 6.57. The van der Waals surface area contributed by atoms with E-state index in [2.05, 4.69) is 21.7 Å². The minimum absolute atomic E-state index is 0.0153. The largest absolute Gasteiger partial charge is 0.357 e. The number of allylic oxidation sites excluding steroid dienone is 2. The Morgan fingerprint density at radius 3 is 2.68 bits per heavy atom. The van der Waals surface area contributed by atoms with Gasteiger partial charge in [0.1, 0.15) is 18.0 Å². The van der Waals surface area contributed by atoms with E-state index in [0.29, 0.717) is 6.54 Å². The molecule has 1 amide bonds. The fourth-order valence-corrected chi connectivity index (χ4v) is 6.57. The molecule has 142 valence electrons. The van der Waals surface area contributed by atoms with Gasteiger partial charge in [0.05, 0.1) is 12.6 Å². The number of hydrogen-bond donors (Lipinski definition) is 2. The van der Waals surface area contributed by atoms with Crippen molar-refractivity contribution in [3.63, 3.8) is 0 Å². The van der Waals surface area contributed by atoms with E-state index >= 15 is 0 Å². The molecule has 4 aliphatic carbocycles. The molecule has 2 aromatic rings. The second kappa shape index (κ2) is 5.92. The average molecular weight is 373 g/mol. The van der Waals surface area contributed by atoms with Crippen LogP contribution in [0.3, 0.4) is 0 Å². The lowest BCUT2D eigenvalue weighted by atomic mass is 9.53. The van der Waals surface area contributed by atoms with Gasteiger partial charge in [-0.2, -0.15) is 4.98 Å². The second-order valence-corrected chi connectivity index (χ2v) is 9.26. The van der Waals surface area contributed by atoms with Crippen LogP contribution < -0.4 is 10.6 Å². The van der Waals surface area contributed by atoms with E-state index in [1.54, 1.807) is 12.5 Å². The van der Waals surface area contributed by atoms with Crippen molar-refractivity contribution in [3.05, 3.63) is 54.3 Å². The summed E-state index contributed by atoms with van der Waals surface area (Å²) in [5.41, 5.74) is 3.41. The maximum atomic E-state index is 13.4. The summed E-state index contributed by atoms with van der Waals surface area (Å²) >= 11 is 0. The molecule has 2 aromatic heterocycles. The van der Waals surface area contributed by atoms with Crippen molar-refractivity contribution in [2.75, 3.05) is 6.54 Å². The summed E-state index contributed by atoms with van der Waals surface area (Å²) in [5.74, 6) is 2.50. The lowest BCUT2D eigenvalue weighted by Gasteiger charge is -2.56. The fraction of sp³-hybridized carbons (Fsp3) is 0.478. The molecule has 0 spiro atoms. The molecule has 5 heteroatoms. The molecule has 0 saturated heterocycles. The van der Waals surface area contributed by atoms with Gasteiger partial charge in [0, 0.05) is 11.7 Å². The third-order valence-electron chi connectivity index (χ3n) is 7.27. The van der Waals surface area contributed by atoms with Crippen molar-refractivity contribution in [2.45, 2.75) is 44.1 Å². The maximum Gasteiger partial charge on any atom is 0.307 e. The van der Waals surface area contributed by atoms with Crippen molar-refractivity contribution >= 4 is 17.0 Å². The lowest BCUT2D eigenvalue weighted by molar-refractivity contribution is -0.123. The predicted octanol–water partition coefficient (Wildman–Crippen LogP) is 3.09. The van der Waals surface area contributed by atoms with Crippen LogP contribution in [0.25, 0.3) is 11.1 Å². The van der Waals surface area contributed by atoms with Crippen molar-refractivity contribution < 1.29 is 4.79 Å². The monoisotopic (exact) mass is 373 g/mol. The molecule has 7 rings (SSSR count). The third-order valence-corrected chi connectivity index (χ3v) is 7.27. The molecular weight excluding hydrogens is 348 g/mol. The van der Waals surface area contributed by atoms with Gasteiger partial charge in [0.25, 0.3) is 0 Å². The number of nitrogens with one attached hydrogen (secondary N) is 2. The molecule has 0 radical (unpaired) electrons. The highest BCUT2D eigenvalue weighted by atomic mass is 16.1. The standard InChI is InChI=1S/C23H24N4O/c28-22(26-23-10-15-7-16(11-23)9-17(8-15)12-23)19-13-24-5-4-18(19)21-20-3-1-2-6-27(20)14-25-21/h1-3,5-6,14-17H,7-13H2,(H-,24,26,28)/p+1. The summed E-state index contributed by atoms with van der Waals surface area (Å²) < 4.78 is 1.99. The van der Waals surface area contributed by atoms with Gasteiger partial charge >= 0.3 is 5.91 Å². The summed E-state index contributed by atoms with van der Waals surface area (Å²) in [6, 6.07) is 6.02. The first kappa shape index (κ1) is 16.3. The van der Waals surface area contributed by atoms with Gasteiger partial charge in [-0.05, 0) is 68.4 Å². The van der Waals surface area contributed by atoms with Crippen molar-refractivity contribution in [3.8, 4) is 0 Å². The van der Waals surface area contributed by atoms with Gasteiger partial charge in [-0.3, -0.25) is 9.20 Å². The van der Waals surface area contributed by atoms with E-state index in [-0.39, 0.29) is 11.4 Å². The number of carbonyl (C=O) groups is 1. The third kappa shape index (κ3) is 2.50. The Hall–Kier alpha value is -2.65. The Bertz CT molecular complexity index is 979. The van der Waals surface area contributed by atoms with Gasteiger partial charge in [-0.15, -0.1) is 0 Å². The summed E-state index contributed by atoms with van der Waals surface area (Å²) in [5, 5.41) is 6.68. The average Bonchev–Trinajstić information content (AvgIpc) is 3.10. The molecule has 5 aliphatic rings. The zero-order chi connectivity index (χ0) is 18.7. The second-order valence-electron chi connectivity index (χ2n) is 9.26. The summed E-state index contributed by atoms with van der Waals surface area (Å²) in [6.07, 6.45) is 16.4. The Morgan fingerprint density at radius 1 is 1.18 bits per heavy atom. The molecule has 2 N–H and O–H groups in total. The maximum absolute atomic E-state index is 13.4. The van der Waals surface area contributed by atoms with Gasteiger partial charge in [0.2, 0.25) is 11.3 Å². The minimum Gasteiger partial charge on any atom is -0.357 e. The van der Waals surface area contributed by atoms with Gasteiger partial charge < -0.3 is 10.6 Å². The molecule has 3 heterocycles. The van der Waals surface area contributed by atoms with Crippen molar-refractivity contribution in [1.82, 2.24) is 20.0 Å². The quantitative estimate of drug-likeness (QED) is 0.813. The molecule has 0 aromatic carbocycles. The van der Waals surface area contributed by atoms with Crippen LogP contribution in [0, 0.1) is 23.8 Å². The molecular formula is C23H25N4O+. The number of imidazole rings is 1. The molecule has 5 nitrogen and oxygen atoms in total. The zero-order valence-electron chi connectivity index (χ0n) is 15.9. The molecule has 0 unspecified atom stereocenters. The van der Waals surface area contributed by atoms with E-state index in [0.717, 1.165) is 59.4 Å². The first-order valence-electron chi connectivity index (χ1n) is 10.5. The van der Waals surface area contributed by atoms with Crippen LogP contribution in [0.2, 0.25) is 0 Å². The Kier molecular flexibility index (Phi) is 3.45. The van der Waals surface area contributed by atoms with E-state index in [4.69, 9.17) is 0 Å². The number of dihydropyridines is 1. The number of carbonyl (C=O) groups excluding carboxylic acids is 1. The first-order valence-corrected chi connectivity index (χ1v) is 10.5. The molecule has 4 bridgehead atoms. The van der Waals surface area contributed by atoms with Crippen molar-refractivity contribution in [2.24, 2.45) is 17.8 Å². The van der Waals surface area contributed by atoms with Crippen LogP contribution in [0.5, 0.6) is 0 Å². The number of rotatable bonds is 3. The lowest BCUT2D eigenvalue weighted by Crippen LogP contribution is -2.60. The smallest absolute Gasteiger partial charge is 0.307 e. The highest BCUT2D eigenvalue weighted by Crippen LogP contribution is 2.55. The van der Waals surface area contributed by atoms with E-state index in [1.807, 2.05) is 28.8 Å². The molecule has 4 saturated carbocycles. The van der Waals surface area contributed by atoms with Crippen LogP contribution in [0.4, 0.5) is 0 Å². The van der Waals surface area contributed by atoms with Crippen LogP contribution in [-0.2, 0) is 4.79 Å². The number of aromatic nitrogens is 2. The van der Waals surface area contributed by atoms with Gasteiger partial charge in [-0.25, -0.2) is 0 Å². The van der Waals surface area contributed by atoms with E-state index in [9.17, 15) is 4.79 Å². The van der Waals surface area contributed by atoms with Crippen molar-refractivity contribution in [1.29, 1.82) is 0 Å². The van der Waals surface area contributed by atoms with Gasteiger partial charge in [-0.1, -0.05) is 6.07 Å².